The summed E-state index contributed by atoms with van der Waals surface area (Å²) < 4.78 is 0. The lowest BCUT2D eigenvalue weighted by molar-refractivity contribution is -0.127. The van der Waals surface area contributed by atoms with Gasteiger partial charge in [0.2, 0.25) is 5.91 Å². The number of anilines is 1. The molecule has 1 amide bonds. The summed E-state index contributed by atoms with van der Waals surface area (Å²) in [6.07, 6.45) is 0. The van der Waals surface area contributed by atoms with Crippen LogP contribution in [0.3, 0.4) is 0 Å². The van der Waals surface area contributed by atoms with Gasteiger partial charge in [0.25, 0.3) is 0 Å². The molecule has 0 spiro atoms. The molecule has 1 saturated heterocycles. The summed E-state index contributed by atoms with van der Waals surface area (Å²) in [4.78, 5) is 11.0. The van der Waals surface area contributed by atoms with Crippen LogP contribution in [0.25, 0.3) is 0 Å². The third-order valence-corrected chi connectivity index (χ3v) is 2.14. The summed E-state index contributed by atoms with van der Waals surface area (Å²) in [5, 5.41) is 2.70. The van der Waals surface area contributed by atoms with Crippen molar-refractivity contribution in [3.05, 3.63) is 29.8 Å². The Labute approximate surface area is 70.6 Å². The van der Waals surface area contributed by atoms with E-state index in [4.69, 9.17) is 5.73 Å². The average Bonchev–Trinajstić information content (AvgIpc) is 2.06. The number of nitrogens with two attached hydrogens (primary N) is 1. The van der Waals surface area contributed by atoms with Gasteiger partial charge in [-0.2, -0.15) is 0 Å². The molecule has 1 heterocycles. The molecule has 0 saturated carbocycles. The van der Waals surface area contributed by atoms with E-state index >= 15 is 0 Å². The lowest BCUT2D eigenvalue weighted by atomic mass is 9.93. The number of nitrogen functional groups attached to an aromatic ring is 1. The topological polar surface area (TPSA) is 55.1 Å². The summed E-state index contributed by atoms with van der Waals surface area (Å²) in [6.45, 7) is 0.753. The summed E-state index contributed by atoms with van der Waals surface area (Å²) in [5.74, 6) is 0.158. The molecule has 1 atom stereocenters. The van der Waals surface area contributed by atoms with Gasteiger partial charge < -0.3 is 11.1 Å². The van der Waals surface area contributed by atoms with Crippen molar-refractivity contribution in [3.63, 3.8) is 0 Å². The molecule has 3 nitrogen and oxygen atoms in total. The van der Waals surface area contributed by atoms with Crippen molar-refractivity contribution < 1.29 is 4.79 Å². The van der Waals surface area contributed by atoms with Crippen LogP contribution >= 0.6 is 0 Å². The van der Waals surface area contributed by atoms with Crippen LogP contribution in [0.15, 0.2) is 24.3 Å². The Bertz CT molecular complexity index is 305. The van der Waals surface area contributed by atoms with Gasteiger partial charge in [0.05, 0.1) is 5.92 Å². The zero-order valence-electron chi connectivity index (χ0n) is 6.58. The Morgan fingerprint density at radius 3 is 2.42 bits per heavy atom. The van der Waals surface area contributed by atoms with Crippen LogP contribution in [0.4, 0.5) is 5.69 Å². The second-order valence-electron chi connectivity index (χ2n) is 2.96. The van der Waals surface area contributed by atoms with Crippen molar-refractivity contribution in [1.82, 2.24) is 5.32 Å². The van der Waals surface area contributed by atoms with Gasteiger partial charge in [-0.25, -0.2) is 0 Å². The molecule has 1 aromatic carbocycles. The molecule has 1 aliphatic heterocycles. The van der Waals surface area contributed by atoms with Gasteiger partial charge in [0.1, 0.15) is 0 Å². The Hall–Kier alpha value is -1.51. The molecule has 1 fully saturated rings. The van der Waals surface area contributed by atoms with Crippen molar-refractivity contribution in [1.29, 1.82) is 0 Å². The summed E-state index contributed by atoms with van der Waals surface area (Å²) in [7, 11) is 0. The van der Waals surface area contributed by atoms with Crippen LogP contribution in [0.2, 0.25) is 0 Å². The number of carbonyl (C=O) groups excluding carboxylic acids is 1. The minimum absolute atomic E-state index is 0.0469. The van der Waals surface area contributed by atoms with Gasteiger partial charge >= 0.3 is 0 Å². The highest BCUT2D eigenvalue weighted by Gasteiger charge is 2.28. The third kappa shape index (κ3) is 1.03. The van der Waals surface area contributed by atoms with Crippen molar-refractivity contribution in [3.8, 4) is 0 Å². The standard InChI is InChI=1S/C9H10N2O/c10-7-3-1-6(2-4-7)8-5-11-9(8)12/h1-4,8H,5,10H2,(H,11,12). The van der Waals surface area contributed by atoms with Gasteiger partial charge in [-0.15, -0.1) is 0 Å². The highest BCUT2D eigenvalue weighted by atomic mass is 16.2. The Kier molecular flexibility index (Phi) is 1.50. The van der Waals surface area contributed by atoms with Crippen molar-refractivity contribution in [2.75, 3.05) is 12.3 Å². The predicted octanol–water partition coefficient (Wildman–Crippen LogP) is 0.482. The van der Waals surface area contributed by atoms with Crippen molar-refractivity contribution >= 4 is 11.6 Å². The van der Waals surface area contributed by atoms with E-state index in [1.807, 2.05) is 24.3 Å². The molecular weight excluding hydrogens is 152 g/mol. The number of nitrogens with one attached hydrogen (secondary N) is 1. The smallest absolute Gasteiger partial charge is 0.229 e. The van der Waals surface area contributed by atoms with Crippen LogP contribution in [0, 0.1) is 0 Å². The highest BCUT2D eigenvalue weighted by molar-refractivity contribution is 5.89. The molecule has 1 aliphatic rings. The minimum atomic E-state index is 0.0469. The lowest BCUT2D eigenvalue weighted by Crippen LogP contribution is -2.46. The molecule has 0 radical (unpaired) electrons. The molecule has 62 valence electrons. The number of benzene rings is 1. The van der Waals surface area contributed by atoms with E-state index in [0.29, 0.717) is 0 Å². The first kappa shape index (κ1) is 7.16. The number of hydrogen-bond acceptors (Lipinski definition) is 2. The van der Waals surface area contributed by atoms with E-state index in [2.05, 4.69) is 5.32 Å². The van der Waals surface area contributed by atoms with Gasteiger partial charge in [-0.05, 0) is 17.7 Å². The van der Waals surface area contributed by atoms with Gasteiger partial charge in [-0.1, -0.05) is 12.1 Å². The Balaban J connectivity index is 2.23. The van der Waals surface area contributed by atoms with E-state index in [9.17, 15) is 4.79 Å². The molecule has 0 bridgehead atoms. The molecule has 12 heavy (non-hydrogen) atoms. The van der Waals surface area contributed by atoms with Crippen molar-refractivity contribution in [2.45, 2.75) is 5.92 Å². The van der Waals surface area contributed by atoms with Crippen molar-refractivity contribution in [2.24, 2.45) is 0 Å². The van der Waals surface area contributed by atoms with Crippen LogP contribution in [-0.4, -0.2) is 12.5 Å². The molecule has 0 aromatic heterocycles. The van der Waals surface area contributed by atoms with Gasteiger partial charge in [0.15, 0.2) is 0 Å². The first-order chi connectivity index (χ1) is 5.77. The fourth-order valence-electron chi connectivity index (χ4n) is 1.29. The molecule has 0 aliphatic carbocycles. The second-order valence-corrected chi connectivity index (χ2v) is 2.96. The zero-order chi connectivity index (χ0) is 8.55. The summed E-state index contributed by atoms with van der Waals surface area (Å²) >= 11 is 0. The third-order valence-electron chi connectivity index (χ3n) is 2.14. The van der Waals surface area contributed by atoms with Crippen LogP contribution in [0.1, 0.15) is 11.5 Å². The number of amides is 1. The number of β-lactam (4-membered cyclic amide) rings is 1. The monoisotopic (exact) mass is 162 g/mol. The number of carbonyl (C=O) groups is 1. The molecule has 1 unspecified atom stereocenters. The average molecular weight is 162 g/mol. The summed E-state index contributed by atoms with van der Waals surface area (Å²) in [5.41, 5.74) is 7.30. The first-order valence-electron chi connectivity index (χ1n) is 3.90. The molecule has 1 aromatic rings. The van der Waals surface area contributed by atoms with E-state index in [1.54, 1.807) is 0 Å². The van der Waals surface area contributed by atoms with E-state index in [0.717, 1.165) is 17.8 Å². The second kappa shape index (κ2) is 2.52. The maximum atomic E-state index is 11.0. The fraction of sp³-hybridized carbons (Fsp3) is 0.222. The molecular formula is C9H10N2O. The van der Waals surface area contributed by atoms with Crippen LogP contribution in [0.5, 0.6) is 0 Å². The Morgan fingerprint density at radius 1 is 1.33 bits per heavy atom. The van der Waals surface area contributed by atoms with Gasteiger partial charge in [-0.3, -0.25) is 4.79 Å². The zero-order valence-corrected chi connectivity index (χ0v) is 6.58. The largest absolute Gasteiger partial charge is 0.399 e. The predicted molar refractivity (Wildman–Crippen MR) is 46.6 cm³/mol. The highest BCUT2D eigenvalue weighted by Crippen LogP contribution is 2.21. The minimum Gasteiger partial charge on any atom is -0.399 e. The SMILES string of the molecule is Nc1ccc(C2CNC2=O)cc1. The number of rotatable bonds is 1. The van der Waals surface area contributed by atoms with Crippen LogP contribution < -0.4 is 11.1 Å². The van der Waals surface area contributed by atoms with E-state index in [-0.39, 0.29) is 11.8 Å². The molecule has 3 N–H and O–H groups in total. The quantitative estimate of drug-likeness (QED) is 0.466. The first-order valence-corrected chi connectivity index (χ1v) is 3.90. The van der Waals surface area contributed by atoms with E-state index in [1.165, 1.54) is 0 Å². The molecule has 2 rings (SSSR count). The van der Waals surface area contributed by atoms with Gasteiger partial charge in [0, 0.05) is 12.2 Å². The van der Waals surface area contributed by atoms with Crippen LogP contribution in [-0.2, 0) is 4.79 Å². The normalized spacial score (nSPS) is 21.3. The molecule has 3 heteroatoms. The Morgan fingerprint density at radius 2 is 2.00 bits per heavy atom. The maximum Gasteiger partial charge on any atom is 0.229 e. The lowest BCUT2D eigenvalue weighted by Gasteiger charge is -2.26. The maximum absolute atomic E-state index is 11.0. The summed E-state index contributed by atoms with van der Waals surface area (Å²) in [6, 6.07) is 7.44. The fourth-order valence-corrected chi connectivity index (χ4v) is 1.29. The van der Waals surface area contributed by atoms with E-state index < -0.39 is 0 Å². The number of hydrogen-bond donors (Lipinski definition) is 2.